The number of nitrogens with two attached hydrogens (primary N) is 1. The number of hydrogen-bond acceptors (Lipinski definition) is 3. The van der Waals surface area contributed by atoms with Gasteiger partial charge < -0.3 is 10.6 Å². The molecule has 1 heterocycles. The number of anilines is 1. The van der Waals surface area contributed by atoms with Crippen molar-refractivity contribution in [2.75, 3.05) is 37.6 Å². The molecule has 1 aromatic carbocycles. The standard InChI is InChI=1S/C19H30FN3/c1-15-2-7-18(20)19(14-15)23-12-10-22(11-13-23)9-8-16-3-5-17(21)6-4-16/h2,7,14,16-17H,3-6,8-13,21H2,1H3. The Morgan fingerprint density at radius 1 is 1.09 bits per heavy atom. The Bertz CT molecular complexity index is 503. The van der Waals surface area contributed by atoms with Crippen molar-refractivity contribution >= 4 is 5.69 Å². The summed E-state index contributed by atoms with van der Waals surface area (Å²) >= 11 is 0. The number of aryl methyl sites for hydroxylation is 1. The molecule has 4 heteroatoms. The van der Waals surface area contributed by atoms with Gasteiger partial charge in [-0.3, -0.25) is 4.90 Å². The van der Waals surface area contributed by atoms with E-state index in [0.717, 1.165) is 43.3 Å². The highest BCUT2D eigenvalue weighted by Gasteiger charge is 2.22. The van der Waals surface area contributed by atoms with Crippen LogP contribution in [-0.2, 0) is 0 Å². The number of rotatable bonds is 4. The first-order chi connectivity index (χ1) is 11.1. The average molecular weight is 319 g/mol. The quantitative estimate of drug-likeness (QED) is 0.925. The van der Waals surface area contributed by atoms with Crippen molar-refractivity contribution in [2.24, 2.45) is 11.7 Å². The minimum atomic E-state index is -0.0948. The van der Waals surface area contributed by atoms with Crippen LogP contribution in [0.4, 0.5) is 10.1 Å². The van der Waals surface area contributed by atoms with E-state index < -0.39 is 0 Å². The van der Waals surface area contributed by atoms with Crippen LogP contribution in [0.5, 0.6) is 0 Å². The zero-order chi connectivity index (χ0) is 16.2. The van der Waals surface area contributed by atoms with E-state index in [4.69, 9.17) is 5.73 Å². The molecule has 0 aromatic heterocycles. The second-order valence-corrected chi connectivity index (χ2v) is 7.35. The van der Waals surface area contributed by atoms with Crippen molar-refractivity contribution in [1.82, 2.24) is 4.90 Å². The van der Waals surface area contributed by atoms with Crippen molar-refractivity contribution in [3.8, 4) is 0 Å². The second-order valence-electron chi connectivity index (χ2n) is 7.35. The molecule has 0 unspecified atom stereocenters. The van der Waals surface area contributed by atoms with Crippen LogP contribution in [0, 0.1) is 18.7 Å². The van der Waals surface area contributed by atoms with Crippen LogP contribution in [0.15, 0.2) is 18.2 Å². The average Bonchev–Trinajstić information content (AvgIpc) is 2.57. The normalized spacial score (nSPS) is 26.5. The van der Waals surface area contributed by atoms with E-state index in [0.29, 0.717) is 6.04 Å². The Labute approximate surface area is 139 Å². The fraction of sp³-hybridized carbons (Fsp3) is 0.684. The lowest BCUT2D eigenvalue weighted by atomic mass is 9.84. The maximum absolute atomic E-state index is 14.0. The topological polar surface area (TPSA) is 32.5 Å². The number of hydrogen-bond donors (Lipinski definition) is 1. The number of nitrogens with zero attached hydrogens (tertiary/aromatic N) is 2. The third-order valence-corrected chi connectivity index (χ3v) is 5.56. The molecule has 0 amide bonds. The molecule has 1 aromatic rings. The lowest BCUT2D eigenvalue weighted by Gasteiger charge is -2.37. The van der Waals surface area contributed by atoms with Gasteiger partial charge in [0.2, 0.25) is 0 Å². The lowest BCUT2D eigenvalue weighted by Crippen LogP contribution is -2.47. The predicted octanol–water partition coefficient (Wildman–Crippen LogP) is 3.16. The van der Waals surface area contributed by atoms with Crippen molar-refractivity contribution in [2.45, 2.75) is 45.1 Å². The Morgan fingerprint density at radius 3 is 2.48 bits per heavy atom. The minimum Gasteiger partial charge on any atom is -0.367 e. The van der Waals surface area contributed by atoms with Gasteiger partial charge >= 0.3 is 0 Å². The molecule has 2 aliphatic rings. The highest BCUT2D eigenvalue weighted by Crippen LogP contribution is 2.27. The molecule has 1 aliphatic heterocycles. The maximum atomic E-state index is 14.0. The largest absolute Gasteiger partial charge is 0.367 e. The highest BCUT2D eigenvalue weighted by molar-refractivity contribution is 5.50. The summed E-state index contributed by atoms with van der Waals surface area (Å²) in [6.45, 7) is 7.14. The van der Waals surface area contributed by atoms with Crippen molar-refractivity contribution in [3.05, 3.63) is 29.6 Å². The van der Waals surface area contributed by atoms with Crippen molar-refractivity contribution in [3.63, 3.8) is 0 Å². The molecular formula is C19H30FN3. The monoisotopic (exact) mass is 319 g/mol. The summed E-state index contributed by atoms with van der Waals surface area (Å²) < 4.78 is 14.0. The fourth-order valence-electron chi connectivity index (χ4n) is 3.92. The molecule has 1 saturated heterocycles. The molecule has 3 nitrogen and oxygen atoms in total. The smallest absolute Gasteiger partial charge is 0.146 e. The van der Waals surface area contributed by atoms with Crippen LogP contribution in [0.2, 0.25) is 0 Å². The molecular weight excluding hydrogens is 289 g/mol. The van der Waals surface area contributed by atoms with E-state index in [-0.39, 0.29) is 5.82 Å². The Balaban J connectivity index is 1.44. The van der Waals surface area contributed by atoms with Gasteiger partial charge in [-0.25, -0.2) is 4.39 Å². The summed E-state index contributed by atoms with van der Waals surface area (Å²) in [7, 11) is 0. The van der Waals surface area contributed by atoms with Gasteiger partial charge in [0, 0.05) is 32.2 Å². The molecule has 2 fully saturated rings. The first kappa shape index (κ1) is 16.7. The van der Waals surface area contributed by atoms with Gasteiger partial charge in [0.1, 0.15) is 5.82 Å². The molecule has 2 N–H and O–H groups in total. The van der Waals surface area contributed by atoms with E-state index >= 15 is 0 Å². The van der Waals surface area contributed by atoms with Gasteiger partial charge in [-0.1, -0.05) is 6.07 Å². The first-order valence-electron chi connectivity index (χ1n) is 9.11. The van der Waals surface area contributed by atoms with Gasteiger partial charge in [-0.2, -0.15) is 0 Å². The van der Waals surface area contributed by atoms with E-state index in [1.807, 2.05) is 19.1 Å². The number of benzene rings is 1. The molecule has 0 bridgehead atoms. The van der Waals surface area contributed by atoms with Gasteiger partial charge in [0.15, 0.2) is 0 Å². The number of piperazine rings is 1. The summed E-state index contributed by atoms with van der Waals surface area (Å²) in [6.07, 6.45) is 6.30. The van der Waals surface area contributed by atoms with E-state index in [9.17, 15) is 4.39 Å². The summed E-state index contributed by atoms with van der Waals surface area (Å²) in [5.74, 6) is 0.768. The molecule has 1 saturated carbocycles. The predicted molar refractivity (Wildman–Crippen MR) is 94.3 cm³/mol. The Morgan fingerprint density at radius 2 is 1.78 bits per heavy atom. The van der Waals surface area contributed by atoms with Crippen molar-refractivity contribution < 1.29 is 4.39 Å². The van der Waals surface area contributed by atoms with Crippen LogP contribution < -0.4 is 10.6 Å². The first-order valence-corrected chi connectivity index (χ1v) is 9.11. The van der Waals surface area contributed by atoms with Gasteiger partial charge in [-0.15, -0.1) is 0 Å². The van der Waals surface area contributed by atoms with Crippen LogP contribution in [0.1, 0.15) is 37.7 Å². The summed E-state index contributed by atoms with van der Waals surface area (Å²) in [4.78, 5) is 4.73. The SMILES string of the molecule is Cc1ccc(F)c(N2CCN(CCC3CCC(N)CC3)CC2)c1. The fourth-order valence-corrected chi connectivity index (χ4v) is 3.92. The third-order valence-electron chi connectivity index (χ3n) is 5.56. The molecule has 0 spiro atoms. The number of halogens is 1. The zero-order valence-electron chi connectivity index (χ0n) is 14.3. The molecule has 1 aliphatic carbocycles. The summed E-state index contributed by atoms with van der Waals surface area (Å²) in [5.41, 5.74) is 7.88. The lowest BCUT2D eigenvalue weighted by molar-refractivity contribution is 0.216. The third kappa shape index (κ3) is 4.45. The summed E-state index contributed by atoms with van der Waals surface area (Å²) in [6, 6.07) is 5.84. The van der Waals surface area contributed by atoms with E-state index in [1.54, 1.807) is 6.07 Å². The van der Waals surface area contributed by atoms with Gasteiger partial charge in [-0.05, 0) is 69.2 Å². The Kier molecular flexibility index (Phi) is 5.54. The summed E-state index contributed by atoms with van der Waals surface area (Å²) in [5, 5.41) is 0. The van der Waals surface area contributed by atoms with E-state index in [1.165, 1.54) is 38.6 Å². The maximum Gasteiger partial charge on any atom is 0.146 e. The van der Waals surface area contributed by atoms with Crippen LogP contribution in [0.3, 0.4) is 0 Å². The Hall–Kier alpha value is -1.13. The molecule has 128 valence electrons. The van der Waals surface area contributed by atoms with Gasteiger partial charge in [0.05, 0.1) is 5.69 Å². The molecule has 3 rings (SSSR count). The van der Waals surface area contributed by atoms with Crippen LogP contribution in [-0.4, -0.2) is 43.7 Å². The highest BCUT2D eigenvalue weighted by atomic mass is 19.1. The molecule has 0 atom stereocenters. The minimum absolute atomic E-state index is 0.0948. The van der Waals surface area contributed by atoms with Crippen LogP contribution >= 0.6 is 0 Å². The molecule has 23 heavy (non-hydrogen) atoms. The van der Waals surface area contributed by atoms with Crippen molar-refractivity contribution in [1.29, 1.82) is 0 Å². The zero-order valence-corrected chi connectivity index (χ0v) is 14.3. The van der Waals surface area contributed by atoms with Gasteiger partial charge in [0.25, 0.3) is 0 Å². The molecule has 0 radical (unpaired) electrons. The van der Waals surface area contributed by atoms with E-state index in [2.05, 4.69) is 9.80 Å². The van der Waals surface area contributed by atoms with Crippen LogP contribution in [0.25, 0.3) is 0 Å². The second kappa shape index (κ2) is 7.63.